The van der Waals surface area contributed by atoms with Crippen LogP contribution in [0.1, 0.15) is 12.5 Å². The van der Waals surface area contributed by atoms with Crippen LogP contribution in [0, 0.1) is 11.3 Å². The van der Waals surface area contributed by atoms with E-state index in [-0.39, 0.29) is 18.6 Å². The number of hydrogen-bond acceptors (Lipinski definition) is 5. The number of carbonyl (C=O) groups excluding carboxylic acids is 1. The molecule has 1 fully saturated rings. The van der Waals surface area contributed by atoms with Crippen molar-refractivity contribution in [3.8, 4) is 17.6 Å². The van der Waals surface area contributed by atoms with E-state index in [0.717, 1.165) is 13.1 Å². The van der Waals surface area contributed by atoms with Gasteiger partial charge in [-0.15, -0.1) is 0 Å². The lowest BCUT2D eigenvalue weighted by Gasteiger charge is -2.38. The Morgan fingerprint density at radius 1 is 1.41 bits per heavy atom. The van der Waals surface area contributed by atoms with Gasteiger partial charge in [-0.1, -0.05) is 0 Å². The lowest BCUT2D eigenvalue weighted by Crippen LogP contribution is -2.53. The molecule has 1 atom stereocenters. The molecule has 1 unspecified atom stereocenters. The number of likely N-dealkylation sites (N-methyl/N-ethyl adjacent to an activating group) is 1. The summed E-state index contributed by atoms with van der Waals surface area (Å²) in [6, 6.07) is 7.10. The van der Waals surface area contributed by atoms with Gasteiger partial charge in [0.2, 0.25) is 0 Å². The van der Waals surface area contributed by atoms with E-state index >= 15 is 0 Å². The second-order valence-electron chi connectivity index (χ2n) is 5.46. The molecule has 1 aromatic carbocycles. The van der Waals surface area contributed by atoms with Crippen LogP contribution < -0.4 is 9.47 Å². The molecular weight excluding hydrogens is 282 g/mol. The third-order valence-electron chi connectivity index (χ3n) is 3.79. The summed E-state index contributed by atoms with van der Waals surface area (Å²) in [6.07, 6.45) is 0. The van der Waals surface area contributed by atoms with Gasteiger partial charge in [0, 0.05) is 31.7 Å². The number of rotatable bonds is 4. The molecule has 2 rings (SSSR count). The van der Waals surface area contributed by atoms with Crippen LogP contribution in [-0.2, 0) is 4.79 Å². The first-order valence-corrected chi connectivity index (χ1v) is 7.24. The Kier molecular flexibility index (Phi) is 5.23. The largest absolute Gasteiger partial charge is 0.493 e. The van der Waals surface area contributed by atoms with E-state index in [9.17, 15) is 4.79 Å². The van der Waals surface area contributed by atoms with Crippen molar-refractivity contribution >= 4 is 5.91 Å². The van der Waals surface area contributed by atoms with Gasteiger partial charge in [-0.2, -0.15) is 5.26 Å². The molecule has 0 spiro atoms. The van der Waals surface area contributed by atoms with Crippen molar-refractivity contribution in [1.82, 2.24) is 9.80 Å². The summed E-state index contributed by atoms with van der Waals surface area (Å²) in [7, 11) is 3.56. The van der Waals surface area contributed by atoms with Gasteiger partial charge < -0.3 is 19.3 Å². The van der Waals surface area contributed by atoms with Gasteiger partial charge >= 0.3 is 0 Å². The number of methoxy groups -OCH3 is 1. The Bertz CT molecular complexity index is 582. The minimum absolute atomic E-state index is 0.0314. The minimum atomic E-state index is -0.0352. The molecule has 1 aliphatic rings. The van der Waals surface area contributed by atoms with Crippen LogP contribution in [0.4, 0.5) is 0 Å². The van der Waals surface area contributed by atoms with Crippen molar-refractivity contribution in [2.75, 3.05) is 40.4 Å². The van der Waals surface area contributed by atoms with Crippen molar-refractivity contribution in [3.63, 3.8) is 0 Å². The van der Waals surface area contributed by atoms with Crippen molar-refractivity contribution in [3.05, 3.63) is 23.8 Å². The molecular formula is C16H21N3O3. The predicted molar refractivity (Wildman–Crippen MR) is 81.9 cm³/mol. The Labute approximate surface area is 130 Å². The van der Waals surface area contributed by atoms with E-state index < -0.39 is 0 Å². The zero-order chi connectivity index (χ0) is 16.1. The van der Waals surface area contributed by atoms with Crippen LogP contribution in [0.15, 0.2) is 18.2 Å². The quantitative estimate of drug-likeness (QED) is 0.833. The van der Waals surface area contributed by atoms with E-state index in [1.54, 1.807) is 18.2 Å². The molecule has 1 aromatic rings. The number of piperazine rings is 1. The Morgan fingerprint density at radius 3 is 2.82 bits per heavy atom. The molecule has 0 N–H and O–H groups in total. The topological polar surface area (TPSA) is 65.8 Å². The number of benzene rings is 1. The Balaban J connectivity index is 1.98. The maximum absolute atomic E-state index is 12.3. The first-order chi connectivity index (χ1) is 10.5. The molecule has 0 saturated carbocycles. The molecule has 1 saturated heterocycles. The molecule has 0 radical (unpaired) electrons. The number of nitriles is 1. The average Bonchev–Trinajstić information content (AvgIpc) is 2.52. The Morgan fingerprint density at radius 2 is 2.18 bits per heavy atom. The van der Waals surface area contributed by atoms with Gasteiger partial charge in [0.05, 0.1) is 18.7 Å². The lowest BCUT2D eigenvalue weighted by molar-refractivity contribution is -0.137. The molecule has 1 amide bonds. The van der Waals surface area contributed by atoms with Crippen LogP contribution in [0.2, 0.25) is 0 Å². The highest BCUT2D eigenvalue weighted by molar-refractivity contribution is 5.78. The fourth-order valence-electron chi connectivity index (χ4n) is 2.59. The molecule has 1 heterocycles. The number of ether oxygens (including phenoxy) is 2. The van der Waals surface area contributed by atoms with Crippen LogP contribution in [0.25, 0.3) is 0 Å². The standard InChI is InChI=1S/C16H21N3O3/c1-12-10-18(2)6-7-19(12)16(20)11-22-14-5-4-13(9-17)8-15(14)21-3/h4-5,8,12H,6-7,10-11H2,1-3H3. The summed E-state index contributed by atoms with van der Waals surface area (Å²) >= 11 is 0. The van der Waals surface area contributed by atoms with Crippen molar-refractivity contribution in [2.45, 2.75) is 13.0 Å². The highest BCUT2D eigenvalue weighted by atomic mass is 16.5. The van der Waals surface area contributed by atoms with Gasteiger partial charge in [0.1, 0.15) is 0 Å². The second-order valence-corrected chi connectivity index (χ2v) is 5.46. The minimum Gasteiger partial charge on any atom is -0.493 e. The molecule has 0 bridgehead atoms. The zero-order valence-corrected chi connectivity index (χ0v) is 13.2. The zero-order valence-electron chi connectivity index (χ0n) is 13.2. The van der Waals surface area contributed by atoms with Crippen LogP contribution >= 0.6 is 0 Å². The third kappa shape index (κ3) is 3.68. The first-order valence-electron chi connectivity index (χ1n) is 7.24. The van der Waals surface area contributed by atoms with Crippen LogP contribution in [-0.4, -0.2) is 62.1 Å². The van der Waals surface area contributed by atoms with Gasteiger partial charge in [0.15, 0.2) is 18.1 Å². The van der Waals surface area contributed by atoms with Gasteiger partial charge in [-0.25, -0.2) is 0 Å². The molecule has 6 heteroatoms. The van der Waals surface area contributed by atoms with E-state index in [1.807, 2.05) is 17.9 Å². The van der Waals surface area contributed by atoms with E-state index in [1.165, 1.54) is 7.11 Å². The fraction of sp³-hybridized carbons (Fsp3) is 0.500. The Hall–Kier alpha value is -2.26. The third-order valence-corrected chi connectivity index (χ3v) is 3.79. The second kappa shape index (κ2) is 7.14. The highest BCUT2D eigenvalue weighted by Crippen LogP contribution is 2.27. The summed E-state index contributed by atoms with van der Waals surface area (Å²) in [4.78, 5) is 16.4. The van der Waals surface area contributed by atoms with Crippen molar-refractivity contribution < 1.29 is 14.3 Å². The predicted octanol–water partition coefficient (Wildman–Crippen LogP) is 1.11. The van der Waals surface area contributed by atoms with Gasteiger partial charge in [0.25, 0.3) is 5.91 Å². The normalized spacial score (nSPS) is 18.6. The first kappa shape index (κ1) is 16.1. The van der Waals surface area contributed by atoms with E-state index in [2.05, 4.69) is 11.9 Å². The van der Waals surface area contributed by atoms with Crippen LogP contribution in [0.3, 0.4) is 0 Å². The monoisotopic (exact) mass is 303 g/mol. The number of nitrogens with zero attached hydrogens (tertiary/aromatic N) is 3. The van der Waals surface area contributed by atoms with Crippen LogP contribution in [0.5, 0.6) is 11.5 Å². The summed E-state index contributed by atoms with van der Waals surface area (Å²) in [6.45, 7) is 4.46. The van der Waals surface area contributed by atoms with E-state index in [0.29, 0.717) is 23.6 Å². The maximum Gasteiger partial charge on any atom is 0.260 e. The molecule has 0 aliphatic carbocycles. The molecule has 0 aromatic heterocycles. The fourth-order valence-corrected chi connectivity index (χ4v) is 2.59. The lowest BCUT2D eigenvalue weighted by atomic mass is 10.2. The van der Waals surface area contributed by atoms with Crippen molar-refractivity contribution in [1.29, 1.82) is 5.26 Å². The molecule has 1 aliphatic heterocycles. The van der Waals surface area contributed by atoms with Gasteiger partial charge in [-0.3, -0.25) is 4.79 Å². The maximum atomic E-state index is 12.3. The summed E-state index contributed by atoms with van der Waals surface area (Å²) < 4.78 is 10.8. The average molecular weight is 303 g/mol. The number of carbonyl (C=O) groups is 1. The van der Waals surface area contributed by atoms with E-state index in [4.69, 9.17) is 14.7 Å². The highest BCUT2D eigenvalue weighted by Gasteiger charge is 2.26. The molecule has 22 heavy (non-hydrogen) atoms. The summed E-state index contributed by atoms with van der Waals surface area (Å²) in [5.41, 5.74) is 0.489. The molecule has 6 nitrogen and oxygen atoms in total. The summed E-state index contributed by atoms with van der Waals surface area (Å²) in [5, 5.41) is 8.88. The SMILES string of the molecule is COc1cc(C#N)ccc1OCC(=O)N1CCN(C)CC1C. The van der Waals surface area contributed by atoms with Gasteiger partial charge in [-0.05, 0) is 26.1 Å². The molecule has 118 valence electrons. The number of amides is 1. The number of hydrogen-bond donors (Lipinski definition) is 0. The van der Waals surface area contributed by atoms with Crippen molar-refractivity contribution in [2.24, 2.45) is 0 Å². The smallest absolute Gasteiger partial charge is 0.260 e. The summed E-state index contributed by atoms with van der Waals surface area (Å²) in [5.74, 6) is 0.891.